The van der Waals surface area contributed by atoms with Gasteiger partial charge in [-0.1, -0.05) is 138 Å². The molecule has 0 heterocycles. The Hall–Kier alpha value is -1.63. The van der Waals surface area contributed by atoms with Gasteiger partial charge < -0.3 is 19.1 Å². The van der Waals surface area contributed by atoms with E-state index in [0.717, 1.165) is 103 Å². The van der Waals surface area contributed by atoms with E-state index in [4.69, 9.17) is 14.2 Å². The molecule has 0 aromatic heterocycles. The Morgan fingerprint density at radius 3 is 1.65 bits per heavy atom. The van der Waals surface area contributed by atoms with Gasteiger partial charge in [0.2, 0.25) is 0 Å². The minimum atomic E-state index is -0.0742. The third-order valence-electron chi connectivity index (χ3n) is 13.3. The number of rotatable bonds is 33. The molecule has 0 aromatic rings. The van der Waals surface area contributed by atoms with Crippen molar-refractivity contribution in [1.82, 2.24) is 4.90 Å². The second-order valence-electron chi connectivity index (χ2n) is 18.1. The number of hydrogen-bond acceptors (Lipinski definition) is 7. The van der Waals surface area contributed by atoms with Crippen LogP contribution in [0, 0.1) is 22.7 Å². The number of fused-ring (bicyclic) bond motifs is 2. The Morgan fingerprint density at radius 1 is 0.636 bits per heavy atom. The molecule has 4 atom stereocenters. The summed E-state index contributed by atoms with van der Waals surface area (Å²) in [4.78, 5) is 39.8. The normalized spacial score (nSPS) is 20.3. The average molecular weight is 778 g/mol. The van der Waals surface area contributed by atoms with E-state index < -0.39 is 0 Å². The average Bonchev–Trinajstić information content (AvgIpc) is 3.48. The largest absolute Gasteiger partial charge is 0.466 e. The Morgan fingerprint density at radius 2 is 1.15 bits per heavy atom. The monoisotopic (exact) mass is 778 g/mol. The summed E-state index contributed by atoms with van der Waals surface area (Å²) in [7, 11) is 4.06. The third-order valence-corrected chi connectivity index (χ3v) is 13.3. The summed E-state index contributed by atoms with van der Waals surface area (Å²) in [5.41, 5.74) is 0.387. The number of carbonyl (C=O) groups is 3. The van der Waals surface area contributed by atoms with E-state index in [1.807, 2.05) is 27.9 Å². The van der Waals surface area contributed by atoms with Gasteiger partial charge in [0.15, 0.2) is 0 Å². The van der Waals surface area contributed by atoms with E-state index in [2.05, 4.69) is 39.5 Å². The van der Waals surface area contributed by atoms with Crippen molar-refractivity contribution < 1.29 is 28.6 Å². The minimum absolute atomic E-state index is 0.0181. The topological polar surface area (TPSA) is 82.1 Å². The Kier molecular flexibility index (Phi) is 28.4. The molecule has 0 aliphatic heterocycles. The van der Waals surface area contributed by atoms with Gasteiger partial charge >= 0.3 is 17.9 Å². The van der Waals surface area contributed by atoms with Gasteiger partial charge in [-0.2, -0.15) is 0 Å². The van der Waals surface area contributed by atoms with Crippen LogP contribution in [-0.4, -0.2) is 62.3 Å². The lowest BCUT2D eigenvalue weighted by Crippen LogP contribution is -2.38. The van der Waals surface area contributed by atoms with Crippen molar-refractivity contribution >= 4 is 17.9 Å². The van der Waals surface area contributed by atoms with Crippen LogP contribution in [0.1, 0.15) is 228 Å². The van der Waals surface area contributed by atoms with Crippen molar-refractivity contribution in [3.63, 3.8) is 0 Å². The van der Waals surface area contributed by atoms with Crippen molar-refractivity contribution in [3.05, 3.63) is 0 Å². The molecule has 0 N–H and O–H groups in total. The molecule has 7 heteroatoms. The van der Waals surface area contributed by atoms with Crippen molar-refractivity contribution in [2.24, 2.45) is 22.7 Å². The maximum atomic E-state index is 12.7. The van der Waals surface area contributed by atoms with E-state index in [-0.39, 0.29) is 40.9 Å². The first kappa shape index (κ1) is 51.4. The van der Waals surface area contributed by atoms with Crippen LogP contribution in [0.15, 0.2) is 0 Å². The fraction of sp³-hybridized carbons (Fsp3) is 0.938. The zero-order valence-corrected chi connectivity index (χ0v) is 37.9. The van der Waals surface area contributed by atoms with Gasteiger partial charge in [0.1, 0.15) is 12.2 Å². The molecular weight excluding hydrogens is 687 g/mol. The molecule has 2 aliphatic rings. The molecule has 0 spiro atoms. The first-order valence-electron chi connectivity index (χ1n) is 23.6. The zero-order chi connectivity index (χ0) is 41.0. The van der Waals surface area contributed by atoms with Gasteiger partial charge in [-0.15, -0.1) is 0 Å². The number of esters is 3. The molecule has 2 rings (SSSR count). The predicted octanol–water partition coefficient (Wildman–Crippen LogP) is 13.2. The first-order chi connectivity index (χ1) is 26.4. The van der Waals surface area contributed by atoms with E-state index in [9.17, 15) is 14.4 Å². The standard InChI is InChI=1S/C46H85NO6.C2H6/c1-8-10-18-25-38(26-19-11-9-2)33-36-51-42(48)29-22-16-12-14-20-27-40(52-43(49)31-24-35-47(6)7)28-21-15-13-17-23-30-44(50)53-41-37-39-32-34-46(41,5)45(39,3)4;1-2/h38-41H,8-37H2,1-7H3;1-2H3. The highest BCUT2D eigenvalue weighted by molar-refractivity contribution is 5.70. The van der Waals surface area contributed by atoms with Gasteiger partial charge in [0.05, 0.1) is 6.61 Å². The second-order valence-corrected chi connectivity index (χ2v) is 18.1. The highest BCUT2D eigenvalue weighted by Gasteiger charge is 2.62. The van der Waals surface area contributed by atoms with Gasteiger partial charge in [0.25, 0.3) is 0 Å². The van der Waals surface area contributed by atoms with Gasteiger partial charge in [-0.05, 0) is 109 Å². The van der Waals surface area contributed by atoms with Crippen LogP contribution in [0.25, 0.3) is 0 Å². The summed E-state index contributed by atoms with van der Waals surface area (Å²) in [6.45, 7) is 17.0. The summed E-state index contributed by atoms with van der Waals surface area (Å²) in [6.07, 6.45) is 29.2. The summed E-state index contributed by atoms with van der Waals surface area (Å²) in [5, 5.41) is 0. The van der Waals surface area contributed by atoms with Crippen LogP contribution in [0.5, 0.6) is 0 Å². The lowest BCUT2D eigenvalue weighted by Gasteiger charge is -2.38. The fourth-order valence-electron chi connectivity index (χ4n) is 9.13. The smallest absolute Gasteiger partial charge is 0.306 e. The maximum Gasteiger partial charge on any atom is 0.306 e. The van der Waals surface area contributed by atoms with Crippen LogP contribution >= 0.6 is 0 Å². The lowest BCUT2D eigenvalue weighted by atomic mass is 9.70. The Labute approximate surface area is 340 Å². The highest BCUT2D eigenvalue weighted by atomic mass is 16.5. The van der Waals surface area contributed by atoms with E-state index in [0.29, 0.717) is 37.7 Å². The van der Waals surface area contributed by atoms with E-state index in [1.54, 1.807) is 0 Å². The number of unbranched alkanes of at least 4 members (excludes halogenated alkanes) is 12. The van der Waals surface area contributed by atoms with Crippen LogP contribution in [0.4, 0.5) is 0 Å². The molecule has 2 fully saturated rings. The number of ether oxygens (including phenoxy) is 3. The van der Waals surface area contributed by atoms with Crippen molar-refractivity contribution in [3.8, 4) is 0 Å². The summed E-state index contributed by atoms with van der Waals surface area (Å²) >= 11 is 0. The highest BCUT2D eigenvalue weighted by Crippen LogP contribution is 2.66. The second kappa shape index (κ2) is 30.4. The number of carbonyl (C=O) groups excluding carboxylic acids is 3. The molecule has 7 nitrogen and oxygen atoms in total. The molecule has 0 amide bonds. The molecule has 324 valence electrons. The molecule has 2 bridgehead atoms. The molecule has 55 heavy (non-hydrogen) atoms. The fourth-order valence-corrected chi connectivity index (χ4v) is 9.13. The Balaban J connectivity index is 0.00000743. The molecule has 2 saturated carbocycles. The van der Waals surface area contributed by atoms with Crippen molar-refractivity contribution in [2.45, 2.75) is 240 Å². The van der Waals surface area contributed by atoms with Crippen molar-refractivity contribution in [1.29, 1.82) is 0 Å². The van der Waals surface area contributed by atoms with E-state index >= 15 is 0 Å². The van der Waals surface area contributed by atoms with Gasteiger partial charge in [-0.25, -0.2) is 0 Å². The van der Waals surface area contributed by atoms with E-state index in [1.165, 1.54) is 64.2 Å². The molecule has 4 unspecified atom stereocenters. The van der Waals surface area contributed by atoms with Crippen LogP contribution in [0.3, 0.4) is 0 Å². The molecule has 2 aliphatic carbocycles. The molecule has 0 radical (unpaired) electrons. The third kappa shape index (κ3) is 21.1. The molecule has 0 saturated heterocycles. The molecular formula is C48H91NO6. The van der Waals surface area contributed by atoms with Crippen LogP contribution < -0.4 is 0 Å². The Bertz CT molecular complexity index is 987. The first-order valence-corrected chi connectivity index (χ1v) is 23.6. The van der Waals surface area contributed by atoms with Crippen molar-refractivity contribution in [2.75, 3.05) is 27.2 Å². The number of hydrogen-bond donors (Lipinski definition) is 0. The van der Waals surface area contributed by atoms with Crippen LogP contribution in [-0.2, 0) is 28.6 Å². The molecule has 0 aromatic carbocycles. The van der Waals surface area contributed by atoms with Crippen LogP contribution in [0.2, 0.25) is 0 Å². The van der Waals surface area contributed by atoms with Gasteiger partial charge in [0, 0.05) is 24.7 Å². The van der Waals surface area contributed by atoms with Gasteiger partial charge in [-0.3, -0.25) is 14.4 Å². The lowest BCUT2D eigenvalue weighted by molar-refractivity contribution is -0.157. The summed E-state index contributed by atoms with van der Waals surface area (Å²) in [5.74, 6) is 1.24. The quantitative estimate of drug-likeness (QED) is 0.0373. The summed E-state index contributed by atoms with van der Waals surface area (Å²) in [6, 6.07) is 0. The number of nitrogens with zero attached hydrogens (tertiary/aromatic N) is 1. The predicted molar refractivity (Wildman–Crippen MR) is 230 cm³/mol. The minimum Gasteiger partial charge on any atom is -0.466 e. The SMILES string of the molecule is CC.CCCCCC(CCCCC)CCOC(=O)CCCCCCCC(CCCCCCCC(=O)OC1CC2CCC1(C)C2(C)C)OC(=O)CCCN(C)C. The maximum absolute atomic E-state index is 12.7. The summed E-state index contributed by atoms with van der Waals surface area (Å²) < 4.78 is 17.7. The zero-order valence-electron chi connectivity index (χ0n) is 37.9.